The quantitative estimate of drug-likeness (QED) is 0.787. The summed E-state index contributed by atoms with van der Waals surface area (Å²) in [4.78, 5) is 2.56. The maximum absolute atomic E-state index is 4.33. The Morgan fingerprint density at radius 2 is 1.71 bits per heavy atom. The van der Waals surface area contributed by atoms with E-state index in [1.165, 1.54) is 32.4 Å². The van der Waals surface area contributed by atoms with Gasteiger partial charge in [-0.25, -0.2) is 0 Å². The van der Waals surface area contributed by atoms with Gasteiger partial charge < -0.3 is 4.90 Å². The highest BCUT2D eigenvalue weighted by Gasteiger charge is 2.09. The number of nitrogens with zero attached hydrogens (tertiary/aromatic N) is 3. The van der Waals surface area contributed by atoms with Crippen LogP contribution in [0.2, 0.25) is 0 Å². The van der Waals surface area contributed by atoms with Gasteiger partial charge in [-0.15, -0.1) is 22.0 Å². The number of likely N-dealkylation sites (tertiary alicyclic amines) is 1. The maximum Gasteiger partial charge on any atom is 0.119 e. The second-order valence-corrected chi connectivity index (χ2v) is 6.49. The molecule has 2 heterocycles. The smallest absolute Gasteiger partial charge is 0.119 e. The minimum Gasteiger partial charge on any atom is -0.303 e. The number of piperidine rings is 1. The molecule has 0 radical (unpaired) electrons. The summed E-state index contributed by atoms with van der Waals surface area (Å²) in [6.07, 6.45) is 4.11. The van der Waals surface area contributed by atoms with Crippen molar-refractivity contribution in [2.24, 2.45) is 0 Å². The van der Waals surface area contributed by atoms with Crippen LogP contribution in [0, 0.1) is 0 Å². The van der Waals surface area contributed by atoms with Gasteiger partial charge in [0.1, 0.15) is 5.03 Å². The standard InChI is InChI=1S/C17H21N3S/c1-3-7-15(8-4-1)16-9-10-17(19-18-16)21-14-13-20-11-5-2-6-12-20/h1,3-4,7-10H,2,5-6,11-14H2. The van der Waals surface area contributed by atoms with Crippen molar-refractivity contribution in [3.05, 3.63) is 42.5 Å². The molecule has 1 fully saturated rings. The Bertz CT molecular complexity index is 536. The second-order valence-electron chi connectivity index (χ2n) is 5.37. The van der Waals surface area contributed by atoms with Gasteiger partial charge >= 0.3 is 0 Å². The van der Waals surface area contributed by atoms with E-state index in [9.17, 15) is 0 Å². The zero-order valence-corrected chi connectivity index (χ0v) is 13.1. The predicted molar refractivity (Wildman–Crippen MR) is 88.5 cm³/mol. The van der Waals surface area contributed by atoms with Crippen LogP contribution in [-0.2, 0) is 0 Å². The molecule has 1 aliphatic heterocycles. The van der Waals surface area contributed by atoms with Crippen molar-refractivity contribution in [3.63, 3.8) is 0 Å². The van der Waals surface area contributed by atoms with Gasteiger partial charge in [-0.3, -0.25) is 0 Å². The largest absolute Gasteiger partial charge is 0.303 e. The van der Waals surface area contributed by atoms with Crippen LogP contribution >= 0.6 is 11.8 Å². The van der Waals surface area contributed by atoms with Crippen molar-refractivity contribution < 1.29 is 0 Å². The third-order valence-electron chi connectivity index (χ3n) is 3.82. The highest BCUT2D eigenvalue weighted by molar-refractivity contribution is 7.99. The average Bonchev–Trinajstić information content (AvgIpc) is 2.57. The first-order chi connectivity index (χ1) is 10.4. The molecule has 3 nitrogen and oxygen atoms in total. The van der Waals surface area contributed by atoms with Crippen LogP contribution in [0.3, 0.4) is 0 Å². The van der Waals surface area contributed by atoms with Gasteiger partial charge in [0.2, 0.25) is 0 Å². The van der Waals surface area contributed by atoms with Crippen LogP contribution in [0.1, 0.15) is 19.3 Å². The van der Waals surface area contributed by atoms with E-state index < -0.39 is 0 Å². The van der Waals surface area contributed by atoms with Crippen molar-refractivity contribution in [2.75, 3.05) is 25.4 Å². The van der Waals surface area contributed by atoms with E-state index in [1.54, 1.807) is 11.8 Å². The van der Waals surface area contributed by atoms with E-state index in [-0.39, 0.29) is 0 Å². The number of thioether (sulfide) groups is 1. The molecule has 0 aliphatic carbocycles. The van der Waals surface area contributed by atoms with E-state index in [0.717, 1.165) is 28.6 Å². The Hall–Kier alpha value is -1.39. The van der Waals surface area contributed by atoms with Gasteiger partial charge in [0, 0.05) is 17.9 Å². The molecule has 110 valence electrons. The summed E-state index contributed by atoms with van der Waals surface area (Å²) in [5.74, 6) is 1.10. The number of aromatic nitrogens is 2. The Morgan fingerprint density at radius 1 is 0.905 bits per heavy atom. The fourth-order valence-electron chi connectivity index (χ4n) is 2.62. The highest BCUT2D eigenvalue weighted by Crippen LogP contribution is 2.20. The van der Waals surface area contributed by atoms with E-state index in [4.69, 9.17) is 0 Å². The minimum atomic E-state index is 0.941. The summed E-state index contributed by atoms with van der Waals surface area (Å²) in [6.45, 7) is 3.69. The van der Waals surface area contributed by atoms with Crippen molar-refractivity contribution >= 4 is 11.8 Å². The van der Waals surface area contributed by atoms with Crippen LogP contribution in [-0.4, -0.2) is 40.5 Å². The molecular formula is C17H21N3S. The molecule has 1 saturated heterocycles. The van der Waals surface area contributed by atoms with Gasteiger partial charge in [0.05, 0.1) is 5.69 Å². The molecule has 0 bridgehead atoms. The van der Waals surface area contributed by atoms with Gasteiger partial charge in [0.25, 0.3) is 0 Å². The van der Waals surface area contributed by atoms with Crippen molar-refractivity contribution in [3.8, 4) is 11.3 Å². The molecule has 0 amide bonds. The molecular weight excluding hydrogens is 278 g/mol. The fraction of sp³-hybridized carbons (Fsp3) is 0.412. The third-order valence-corrected chi connectivity index (χ3v) is 4.72. The zero-order valence-electron chi connectivity index (χ0n) is 12.2. The lowest BCUT2D eigenvalue weighted by Crippen LogP contribution is -2.31. The summed E-state index contributed by atoms with van der Waals surface area (Å²) in [5, 5.41) is 9.68. The lowest BCUT2D eigenvalue weighted by atomic mass is 10.1. The van der Waals surface area contributed by atoms with Crippen LogP contribution in [0.4, 0.5) is 0 Å². The summed E-state index contributed by atoms with van der Waals surface area (Å²) in [6, 6.07) is 14.3. The van der Waals surface area contributed by atoms with Crippen LogP contribution in [0.15, 0.2) is 47.5 Å². The van der Waals surface area contributed by atoms with E-state index in [2.05, 4.69) is 39.4 Å². The SMILES string of the molecule is c1ccc(-c2ccc(SCCN3CCCCC3)nn2)cc1. The van der Waals surface area contributed by atoms with Gasteiger partial charge in [-0.05, 0) is 38.1 Å². The third kappa shape index (κ3) is 4.29. The summed E-state index contributed by atoms with van der Waals surface area (Å²) in [5.41, 5.74) is 2.06. The Labute approximate surface area is 130 Å². The lowest BCUT2D eigenvalue weighted by Gasteiger charge is -2.25. The lowest BCUT2D eigenvalue weighted by molar-refractivity contribution is 0.242. The maximum atomic E-state index is 4.33. The first-order valence-corrected chi connectivity index (χ1v) is 8.65. The predicted octanol–water partition coefficient (Wildman–Crippen LogP) is 3.72. The fourth-order valence-corrected chi connectivity index (χ4v) is 3.44. The first kappa shape index (κ1) is 14.5. The number of hydrogen-bond acceptors (Lipinski definition) is 4. The molecule has 1 aromatic heterocycles. The molecule has 0 spiro atoms. The van der Waals surface area contributed by atoms with Crippen molar-refractivity contribution in [1.82, 2.24) is 15.1 Å². The molecule has 0 atom stereocenters. The number of benzene rings is 1. The molecule has 1 aromatic carbocycles. The van der Waals surface area contributed by atoms with Gasteiger partial charge in [0.15, 0.2) is 0 Å². The number of rotatable bonds is 5. The molecule has 1 aliphatic rings. The molecule has 4 heteroatoms. The molecule has 2 aromatic rings. The Balaban J connectivity index is 1.50. The summed E-state index contributed by atoms with van der Waals surface area (Å²) >= 11 is 1.80. The van der Waals surface area contributed by atoms with Crippen LogP contribution in [0.25, 0.3) is 11.3 Å². The summed E-state index contributed by atoms with van der Waals surface area (Å²) < 4.78 is 0. The van der Waals surface area contributed by atoms with E-state index >= 15 is 0 Å². The molecule has 0 N–H and O–H groups in total. The van der Waals surface area contributed by atoms with Gasteiger partial charge in [-0.1, -0.05) is 36.8 Å². The summed E-state index contributed by atoms with van der Waals surface area (Å²) in [7, 11) is 0. The molecule has 0 saturated carbocycles. The molecule has 0 unspecified atom stereocenters. The highest BCUT2D eigenvalue weighted by atomic mass is 32.2. The van der Waals surface area contributed by atoms with Crippen LogP contribution < -0.4 is 0 Å². The monoisotopic (exact) mass is 299 g/mol. The molecule has 21 heavy (non-hydrogen) atoms. The average molecular weight is 299 g/mol. The van der Waals surface area contributed by atoms with E-state index in [1.807, 2.05) is 18.2 Å². The first-order valence-electron chi connectivity index (χ1n) is 7.66. The Morgan fingerprint density at radius 3 is 2.43 bits per heavy atom. The minimum absolute atomic E-state index is 0.941. The van der Waals surface area contributed by atoms with Crippen LogP contribution in [0.5, 0.6) is 0 Å². The molecule has 3 rings (SSSR count). The number of hydrogen-bond donors (Lipinski definition) is 0. The van der Waals surface area contributed by atoms with Gasteiger partial charge in [-0.2, -0.15) is 0 Å². The zero-order chi connectivity index (χ0) is 14.3. The van der Waals surface area contributed by atoms with E-state index in [0.29, 0.717) is 0 Å². The topological polar surface area (TPSA) is 29.0 Å². The normalized spacial score (nSPS) is 16.0. The van der Waals surface area contributed by atoms with Crippen molar-refractivity contribution in [2.45, 2.75) is 24.3 Å². The second kappa shape index (κ2) is 7.57. The Kier molecular flexibility index (Phi) is 5.24. The van der Waals surface area contributed by atoms with Crippen molar-refractivity contribution in [1.29, 1.82) is 0 Å².